The number of hydrogen-bond donors (Lipinski definition) is 1. The third-order valence-electron chi connectivity index (χ3n) is 3.98. The van der Waals surface area contributed by atoms with Gasteiger partial charge in [-0.3, -0.25) is 9.59 Å². The van der Waals surface area contributed by atoms with Crippen LogP contribution in [0.25, 0.3) is 16.5 Å². The maximum absolute atomic E-state index is 12.8. The zero-order valence-corrected chi connectivity index (χ0v) is 14.6. The fraction of sp³-hybridized carbons (Fsp3) is 0.250. The van der Waals surface area contributed by atoms with Gasteiger partial charge in [0.25, 0.3) is 11.5 Å². The van der Waals surface area contributed by atoms with Crippen molar-refractivity contribution in [3.8, 4) is 5.69 Å². The van der Waals surface area contributed by atoms with Gasteiger partial charge in [0.2, 0.25) is 0 Å². The van der Waals surface area contributed by atoms with Gasteiger partial charge in [-0.15, -0.1) is 0 Å². The largest absolute Gasteiger partial charge is 0.382 e. The van der Waals surface area contributed by atoms with Crippen molar-refractivity contribution in [2.45, 2.75) is 13.3 Å². The highest BCUT2D eigenvalue weighted by Crippen LogP contribution is 2.15. The molecule has 0 bridgehead atoms. The van der Waals surface area contributed by atoms with Crippen LogP contribution in [0.15, 0.2) is 59.4 Å². The van der Waals surface area contributed by atoms with E-state index in [2.05, 4.69) is 10.4 Å². The topological polar surface area (TPSA) is 73.2 Å². The summed E-state index contributed by atoms with van der Waals surface area (Å²) in [6, 6.07) is 16.1. The van der Waals surface area contributed by atoms with Gasteiger partial charge in [0, 0.05) is 25.1 Å². The van der Waals surface area contributed by atoms with Crippen molar-refractivity contribution >= 4 is 16.7 Å². The second kappa shape index (κ2) is 8.40. The van der Waals surface area contributed by atoms with Gasteiger partial charge in [-0.05, 0) is 31.5 Å². The number of fused-ring (bicyclic) bond motifs is 1. The van der Waals surface area contributed by atoms with Crippen LogP contribution in [0.4, 0.5) is 0 Å². The first-order valence-electron chi connectivity index (χ1n) is 8.66. The second-order valence-electron chi connectivity index (χ2n) is 5.75. The molecule has 26 heavy (non-hydrogen) atoms. The van der Waals surface area contributed by atoms with Gasteiger partial charge in [-0.1, -0.05) is 36.4 Å². The molecule has 0 aliphatic rings. The lowest BCUT2D eigenvalue weighted by Gasteiger charge is -2.11. The van der Waals surface area contributed by atoms with E-state index in [1.165, 1.54) is 4.68 Å². The molecule has 0 saturated heterocycles. The van der Waals surface area contributed by atoms with E-state index in [0.717, 1.165) is 6.42 Å². The summed E-state index contributed by atoms with van der Waals surface area (Å²) in [6.45, 7) is 3.66. The van der Waals surface area contributed by atoms with Crippen LogP contribution in [0.2, 0.25) is 0 Å². The predicted octanol–water partition coefficient (Wildman–Crippen LogP) is 2.54. The minimum atomic E-state index is -0.303. The number of ether oxygens (including phenoxy) is 1. The van der Waals surface area contributed by atoms with E-state index in [0.29, 0.717) is 36.2 Å². The lowest BCUT2D eigenvalue weighted by Crippen LogP contribution is -2.30. The number of hydrogen-bond acceptors (Lipinski definition) is 4. The standard InChI is InChI=1S/C20H21N3O3/c1-2-26-14-8-13-21-19(24)18-16-11-6-7-12-17(16)20(25)23(22-18)15-9-4-3-5-10-15/h3-7,9-12H,2,8,13-14H2,1H3,(H,21,24). The molecule has 3 aromatic rings. The van der Waals surface area contributed by atoms with Crippen molar-refractivity contribution in [3.63, 3.8) is 0 Å². The normalized spacial score (nSPS) is 10.8. The number of nitrogens with one attached hydrogen (secondary N) is 1. The van der Waals surface area contributed by atoms with Gasteiger partial charge in [0.1, 0.15) is 0 Å². The summed E-state index contributed by atoms with van der Waals surface area (Å²) in [5.41, 5.74) is 0.605. The molecule has 0 saturated carbocycles. The van der Waals surface area contributed by atoms with E-state index < -0.39 is 0 Å². The highest BCUT2D eigenvalue weighted by molar-refractivity contribution is 6.04. The molecule has 0 fully saturated rings. The van der Waals surface area contributed by atoms with E-state index in [-0.39, 0.29) is 17.2 Å². The summed E-state index contributed by atoms with van der Waals surface area (Å²) in [6.07, 6.45) is 0.718. The van der Waals surface area contributed by atoms with Gasteiger partial charge >= 0.3 is 0 Å². The zero-order chi connectivity index (χ0) is 18.4. The first-order valence-corrected chi connectivity index (χ1v) is 8.66. The van der Waals surface area contributed by atoms with Crippen LogP contribution in [0, 0.1) is 0 Å². The number of carbonyl (C=O) groups is 1. The Bertz CT molecular complexity index is 951. The number of amides is 1. The van der Waals surface area contributed by atoms with Gasteiger partial charge in [-0.25, -0.2) is 0 Å². The molecule has 1 heterocycles. The van der Waals surface area contributed by atoms with Gasteiger partial charge in [-0.2, -0.15) is 9.78 Å². The van der Waals surface area contributed by atoms with Gasteiger partial charge in [0.15, 0.2) is 5.69 Å². The number of aromatic nitrogens is 2. The summed E-state index contributed by atoms with van der Waals surface area (Å²) in [7, 11) is 0. The number of carbonyl (C=O) groups excluding carboxylic acids is 1. The van der Waals surface area contributed by atoms with E-state index in [9.17, 15) is 9.59 Å². The quantitative estimate of drug-likeness (QED) is 0.664. The lowest BCUT2D eigenvalue weighted by atomic mass is 10.1. The van der Waals surface area contributed by atoms with E-state index in [1.54, 1.807) is 36.4 Å². The maximum Gasteiger partial charge on any atom is 0.279 e. The van der Waals surface area contributed by atoms with Crippen molar-refractivity contribution in [3.05, 3.63) is 70.6 Å². The number of para-hydroxylation sites is 1. The number of rotatable bonds is 7. The first kappa shape index (κ1) is 17.8. The molecule has 1 N–H and O–H groups in total. The molecule has 0 aliphatic carbocycles. The Kier molecular flexibility index (Phi) is 5.76. The molecule has 1 aromatic heterocycles. The molecular weight excluding hydrogens is 330 g/mol. The fourth-order valence-electron chi connectivity index (χ4n) is 2.71. The molecule has 2 aromatic carbocycles. The predicted molar refractivity (Wildman–Crippen MR) is 101 cm³/mol. The minimum absolute atomic E-state index is 0.237. The first-order chi connectivity index (χ1) is 12.7. The maximum atomic E-state index is 12.8. The lowest BCUT2D eigenvalue weighted by molar-refractivity contribution is 0.0939. The molecule has 0 spiro atoms. The molecule has 134 valence electrons. The molecule has 0 unspecified atom stereocenters. The number of nitrogens with zero attached hydrogens (tertiary/aromatic N) is 2. The van der Waals surface area contributed by atoms with Crippen molar-refractivity contribution in [2.24, 2.45) is 0 Å². The summed E-state index contributed by atoms with van der Waals surface area (Å²) < 4.78 is 6.55. The molecule has 3 rings (SSSR count). The van der Waals surface area contributed by atoms with Crippen molar-refractivity contribution in [1.29, 1.82) is 0 Å². The smallest absolute Gasteiger partial charge is 0.279 e. The van der Waals surface area contributed by atoms with E-state index >= 15 is 0 Å². The van der Waals surface area contributed by atoms with Crippen LogP contribution >= 0.6 is 0 Å². The van der Waals surface area contributed by atoms with E-state index in [4.69, 9.17) is 4.74 Å². The monoisotopic (exact) mass is 351 g/mol. The summed E-state index contributed by atoms with van der Waals surface area (Å²) in [5, 5.41) is 8.21. The van der Waals surface area contributed by atoms with Crippen LogP contribution in [-0.2, 0) is 4.74 Å². The Morgan fingerprint density at radius 3 is 2.50 bits per heavy atom. The Labute approximate surface area is 151 Å². The van der Waals surface area contributed by atoms with Gasteiger partial charge < -0.3 is 10.1 Å². The third kappa shape index (κ3) is 3.81. The van der Waals surface area contributed by atoms with Crippen LogP contribution < -0.4 is 10.9 Å². The highest BCUT2D eigenvalue weighted by atomic mass is 16.5. The Morgan fingerprint density at radius 2 is 1.77 bits per heavy atom. The Morgan fingerprint density at radius 1 is 1.08 bits per heavy atom. The third-order valence-corrected chi connectivity index (χ3v) is 3.98. The molecule has 6 nitrogen and oxygen atoms in total. The summed E-state index contributed by atoms with van der Waals surface area (Å²) in [4.78, 5) is 25.4. The Balaban J connectivity index is 1.98. The zero-order valence-electron chi connectivity index (χ0n) is 14.6. The van der Waals surface area contributed by atoms with Crippen LogP contribution in [-0.4, -0.2) is 35.4 Å². The molecule has 1 amide bonds. The fourth-order valence-corrected chi connectivity index (χ4v) is 2.71. The van der Waals surface area contributed by atoms with E-state index in [1.807, 2.05) is 25.1 Å². The SMILES string of the molecule is CCOCCCNC(=O)c1nn(-c2ccccc2)c(=O)c2ccccc12. The van der Waals surface area contributed by atoms with Crippen LogP contribution in [0.3, 0.4) is 0 Å². The molecular formula is C20H21N3O3. The molecule has 6 heteroatoms. The average Bonchev–Trinajstić information content (AvgIpc) is 2.69. The van der Waals surface area contributed by atoms with Crippen molar-refractivity contribution in [2.75, 3.05) is 19.8 Å². The Hall–Kier alpha value is -2.99. The van der Waals surface area contributed by atoms with Gasteiger partial charge in [0.05, 0.1) is 11.1 Å². The minimum Gasteiger partial charge on any atom is -0.382 e. The molecule has 0 aliphatic heterocycles. The summed E-state index contributed by atoms with van der Waals surface area (Å²) in [5.74, 6) is -0.303. The van der Waals surface area contributed by atoms with Crippen molar-refractivity contribution < 1.29 is 9.53 Å². The summed E-state index contributed by atoms with van der Waals surface area (Å²) >= 11 is 0. The van der Waals surface area contributed by atoms with Crippen molar-refractivity contribution in [1.82, 2.24) is 15.1 Å². The average molecular weight is 351 g/mol. The second-order valence-corrected chi connectivity index (χ2v) is 5.75. The van der Waals surface area contributed by atoms with Crippen LogP contribution in [0.1, 0.15) is 23.8 Å². The molecule has 0 atom stereocenters. The van der Waals surface area contributed by atoms with Crippen LogP contribution in [0.5, 0.6) is 0 Å². The number of benzene rings is 2. The highest BCUT2D eigenvalue weighted by Gasteiger charge is 2.16. The molecule has 0 radical (unpaired) electrons.